The largest absolute Gasteiger partial charge is 0.498 e. The van der Waals surface area contributed by atoms with E-state index < -0.39 is 70.5 Å². The van der Waals surface area contributed by atoms with Crippen molar-refractivity contribution in [3.63, 3.8) is 0 Å². The Kier molecular flexibility index (Phi) is 6.32. The second-order valence-electron chi connectivity index (χ2n) is 8.37. The first kappa shape index (κ1) is 25.2. The van der Waals surface area contributed by atoms with E-state index in [-0.39, 0.29) is 25.7 Å². The highest BCUT2D eigenvalue weighted by Crippen LogP contribution is 2.55. The van der Waals surface area contributed by atoms with Crippen molar-refractivity contribution in [2.45, 2.75) is 68.2 Å². The first-order valence-corrected chi connectivity index (χ1v) is 12.2. The quantitative estimate of drug-likeness (QED) is 0.419. The molecule has 2 bridgehead atoms. The molecule has 14 heteroatoms. The zero-order chi connectivity index (χ0) is 23.5. The number of hydrogen-bond acceptors (Lipinski definition) is 6. The van der Waals surface area contributed by atoms with Gasteiger partial charge in [0.25, 0.3) is 19.7 Å². The van der Waals surface area contributed by atoms with Gasteiger partial charge in [-0.25, -0.2) is 16.8 Å². The van der Waals surface area contributed by atoms with Crippen molar-refractivity contribution in [1.29, 1.82) is 0 Å². The van der Waals surface area contributed by atoms with E-state index in [1.807, 2.05) is 0 Å². The average molecular weight is 488 g/mol. The molecule has 0 aromatic heterocycles. The van der Waals surface area contributed by atoms with Crippen LogP contribution in [-0.4, -0.2) is 44.5 Å². The number of hydrogen-bond donors (Lipinski definition) is 0. The summed E-state index contributed by atoms with van der Waals surface area (Å²) in [5, 5.41) is 0. The zero-order valence-corrected chi connectivity index (χ0v) is 17.9. The van der Waals surface area contributed by atoms with Crippen LogP contribution in [0, 0.1) is 23.2 Å². The van der Waals surface area contributed by atoms with Crippen LogP contribution in [0.1, 0.15) is 46.5 Å². The van der Waals surface area contributed by atoms with Gasteiger partial charge in [0.05, 0.1) is 5.41 Å². The van der Waals surface area contributed by atoms with E-state index in [1.54, 1.807) is 6.92 Å². The minimum absolute atomic E-state index is 0.0214. The molecule has 0 spiro atoms. The van der Waals surface area contributed by atoms with Crippen molar-refractivity contribution in [3.8, 4) is 0 Å². The van der Waals surface area contributed by atoms with Gasteiger partial charge in [-0.2, -0.15) is 26.3 Å². The molecular weight excluding hydrogens is 466 g/mol. The lowest BCUT2D eigenvalue weighted by atomic mass is 9.86. The fourth-order valence-corrected chi connectivity index (χ4v) is 8.20. The molecule has 4 unspecified atom stereocenters. The highest BCUT2D eigenvalue weighted by atomic mass is 32.3. The SMILES string of the molecule is CCC(C)(C)C(=O)OC1C2CCC(C2)C1C(S(=O)(=O)C(F)(F)F)S(=O)(=O)C(F)(F)F. The van der Waals surface area contributed by atoms with Gasteiger partial charge in [-0.1, -0.05) is 6.92 Å². The van der Waals surface area contributed by atoms with Crippen LogP contribution in [0.3, 0.4) is 0 Å². The Morgan fingerprint density at radius 3 is 1.77 bits per heavy atom. The van der Waals surface area contributed by atoms with Crippen molar-refractivity contribution in [3.05, 3.63) is 0 Å². The lowest BCUT2D eigenvalue weighted by molar-refractivity contribution is -0.165. The molecule has 176 valence electrons. The molecule has 6 nitrogen and oxygen atoms in total. The molecule has 0 saturated heterocycles. The Hall–Kier alpha value is -1.05. The Morgan fingerprint density at radius 2 is 1.37 bits per heavy atom. The second kappa shape index (κ2) is 7.52. The summed E-state index contributed by atoms with van der Waals surface area (Å²) in [6, 6.07) is 0. The molecule has 30 heavy (non-hydrogen) atoms. The number of carbonyl (C=O) groups is 1. The number of rotatable bonds is 6. The number of carbonyl (C=O) groups excluding carboxylic acids is 1. The van der Waals surface area contributed by atoms with Crippen LogP contribution in [0.25, 0.3) is 0 Å². The number of sulfone groups is 2. The standard InChI is InChI=1S/C16H22F6O6S2/c1-4-14(2,3)13(23)28-11-9-6-5-8(7-9)10(11)12(29(24,25)15(17,18)19)30(26,27)16(20,21)22/h8-12H,4-7H2,1-3H3. The number of halogens is 6. The molecule has 4 atom stereocenters. The van der Waals surface area contributed by atoms with Crippen molar-refractivity contribution in [2.75, 3.05) is 0 Å². The predicted octanol–water partition coefficient (Wildman–Crippen LogP) is 3.58. The number of alkyl halides is 6. The van der Waals surface area contributed by atoms with Crippen molar-refractivity contribution in [1.82, 2.24) is 0 Å². The van der Waals surface area contributed by atoms with E-state index in [0.29, 0.717) is 0 Å². The summed E-state index contributed by atoms with van der Waals surface area (Å²) in [7, 11) is -13.6. The summed E-state index contributed by atoms with van der Waals surface area (Å²) in [5.74, 6) is -4.90. The number of fused-ring (bicyclic) bond motifs is 2. The topological polar surface area (TPSA) is 94.6 Å². The smallest absolute Gasteiger partial charge is 0.461 e. The zero-order valence-electron chi connectivity index (χ0n) is 16.2. The number of esters is 1. The van der Waals surface area contributed by atoms with Crippen molar-refractivity contribution < 1.29 is 52.7 Å². The van der Waals surface area contributed by atoms with Crippen LogP contribution in [0.4, 0.5) is 26.3 Å². The Morgan fingerprint density at radius 1 is 0.933 bits per heavy atom. The molecule has 0 heterocycles. The van der Waals surface area contributed by atoms with Crippen molar-refractivity contribution >= 4 is 25.6 Å². The van der Waals surface area contributed by atoms with Gasteiger partial charge in [-0.05, 0) is 51.4 Å². The fourth-order valence-electron chi connectivity index (χ4n) is 4.11. The highest BCUT2D eigenvalue weighted by Gasteiger charge is 2.70. The summed E-state index contributed by atoms with van der Waals surface area (Å²) in [6.07, 6.45) is -1.16. The maximum absolute atomic E-state index is 13.2. The molecule has 2 aliphatic rings. The summed E-state index contributed by atoms with van der Waals surface area (Å²) in [6.45, 7) is 4.48. The van der Waals surface area contributed by atoms with Gasteiger partial charge in [-0.3, -0.25) is 4.79 Å². The van der Waals surface area contributed by atoms with Crippen LogP contribution >= 0.6 is 0 Å². The van der Waals surface area contributed by atoms with E-state index in [1.165, 1.54) is 13.8 Å². The van der Waals surface area contributed by atoms with Crippen LogP contribution in [-0.2, 0) is 29.2 Å². The van der Waals surface area contributed by atoms with Crippen LogP contribution in [0.15, 0.2) is 0 Å². The summed E-state index contributed by atoms with van der Waals surface area (Å²) in [4.78, 5) is 12.4. The second-order valence-corrected chi connectivity index (χ2v) is 12.8. The van der Waals surface area contributed by atoms with E-state index in [4.69, 9.17) is 4.74 Å². The monoisotopic (exact) mass is 488 g/mol. The predicted molar refractivity (Wildman–Crippen MR) is 92.0 cm³/mol. The fraction of sp³-hybridized carbons (Fsp3) is 0.938. The van der Waals surface area contributed by atoms with Gasteiger partial charge < -0.3 is 4.74 Å². The molecule has 0 amide bonds. The third-order valence-electron chi connectivity index (χ3n) is 6.15. The van der Waals surface area contributed by atoms with E-state index in [9.17, 15) is 48.0 Å². The van der Waals surface area contributed by atoms with Gasteiger partial charge in [0.2, 0.25) is 0 Å². The molecular formula is C16H22F6O6S2. The van der Waals surface area contributed by atoms with Crippen LogP contribution < -0.4 is 0 Å². The molecule has 0 aliphatic heterocycles. The van der Waals surface area contributed by atoms with E-state index in [0.717, 1.165) is 0 Å². The molecule has 0 aromatic carbocycles. The minimum Gasteiger partial charge on any atom is -0.461 e. The Balaban J connectivity index is 2.63. The van der Waals surface area contributed by atoms with E-state index in [2.05, 4.69) is 0 Å². The van der Waals surface area contributed by atoms with Crippen LogP contribution in [0.5, 0.6) is 0 Å². The Bertz CT molecular complexity index is 846. The van der Waals surface area contributed by atoms with Gasteiger partial charge in [-0.15, -0.1) is 0 Å². The highest BCUT2D eigenvalue weighted by molar-refractivity contribution is 8.09. The molecule has 2 fully saturated rings. The first-order valence-electron chi connectivity index (χ1n) is 9.10. The third-order valence-corrected chi connectivity index (χ3v) is 10.8. The van der Waals surface area contributed by atoms with Crippen molar-refractivity contribution in [2.24, 2.45) is 23.2 Å². The summed E-state index contributed by atoms with van der Waals surface area (Å²) < 4.78 is 129. The maximum atomic E-state index is 13.2. The maximum Gasteiger partial charge on any atom is 0.498 e. The molecule has 2 aliphatic carbocycles. The molecule has 0 radical (unpaired) electrons. The molecule has 2 saturated carbocycles. The van der Waals surface area contributed by atoms with Gasteiger partial charge in [0, 0.05) is 5.92 Å². The average Bonchev–Trinajstić information content (AvgIpc) is 3.15. The van der Waals surface area contributed by atoms with Gasteiger partial charge in [0.15, 0.2) is 4.58 Å². The summed E-state index contributed by atoms with van der Waals surface area (Å²) in [5.41, 5.74) is -13.6. The van der Waals surface area contributed by atoms with Gasteiger partial charge in [0.1, 0.15) is 6.10 Å². The van der Waals surface area contributed by atoms with Gasteiger partial charge >= 0.3 is 17.0 Å². The summed E-state index contributed by atoms with van der Waals surface area (Å²) >= 11 is 0. The molecule has 2 rings (SSSR count). The Labute approximate surface area is 170 Å². The molecule has 0 aromatic rings. The normalized spacial score (nSPS) is 28.2. The van der Waals surface area contributed by atoms with Crippen LogP contribution in [0.2, 0.25) is 0 Å². The lowest BCUT2D eigenvalue weighted by Gasteiger charge is -2.37. The molecule has 0 N–H and O–H groups in total. The number of ether oxygens (including phenoxy) is 1. The lowest BCUT2D eigenvalue weighted by Crippen LogP contribution is -2.54. The minimum atomic E-state index is -6.79. The third kappa shape index (κ3) is 4.05. The van der Waals surface area contributed by atoms with E-state index >= 15 is 0 Å². The first-order chi connectivity index (χ1) is 13.3.